The Kier molecular flexibility index (Phi) is 3.59. The maximum atomic E-state index is 13.6. The van der Waals surface area contributed by atoms with E-state index in [9.17, 15) is 8.78 Å². The molecule has 18 heavy (non-hydrogen) atoms. The molecular formula is C11H6BrF2N3S. The summed E-state index contributed by atoms with van der Waals surface area (Å²) < 4.78 is 31.5. The maximum Gasteiger partial charge on any atom is 0.150 e. The highest BCUT2D eigenvalue weighted by atomic mass is 79.9. The van der Waals surface area contributed by atoms with Crippen LogP contribution in [0.15, 0.2) is 16.6 Å². The third-order valence-electron chi connectivity index (χ3n) is 2.22. The van der Waals surface area contributed by atoms with Crippen molar-refractivity contribution in [3.63, 3.8) is 0 Å². The minimum Gasteiger partial charge on any atom is -0.340 e. The first-order valence-corrected chi connectivity index (χ1v) is 6.37. The van der Waals surface area contributed by atoms with Crippen molar-refractivity contribution in [1.29, 1.82) is 5.26 Å². The molecule has 0 unspecified atom stereocenters. The largest absolute Gasteiger partial charge is 0.340 e. The first-order valence-electron chi connectivity index (χ1n) is 4.81. The Bertz CT molecular complexity index is 625. The van der Waals surface area contributed by atoms with E-state index < -0.39 is 11.6 Å². The van der Waals surface area contributed by atoms with Crippen molar-refractivity contribution in [1.82, 2.24) is 4.37 Å². The number of halogens is 3. The van der Waals surface area contributed by atoms with E-state index in [0.717, 1.165) is 23.7 Å². The van der Waals surface area contributed by atoms with Crippen molar-refractivity contribution in [2.24, 2.45) is 0 Å². The van der Waals surface area contributed by atoms with Crippen LogP contribution in [-0.2, 0) is 0 Å². The summed E-state index contributed by atoms with van der Waals surface area (Å²) in [4.78, 5) is 0. The van der Waals surface area contributed by atoms with Crippen LogP contribution in [0.25, 0.3) is 0 Å². The summed E-state index contributed by atoms with van der Waals surface area (Å²) in [5.41, 5.74) is 0.531. The molecule has 0 aliphatic heterocycles. The Labute approximate surface area is 114 Å². The third kappa shape index (κ3) is 2.35. The molecule has 2 rings (SSSR count). The number of benzene rings is 1. The predicted octanol–water partition coefficient (Wildman–Crippen LogP) is 4.11. The van der Waals surface area contributed by atoms with Gasteiger partial charge in [0.25, 0.3) is 0 Å². The number of anilines is 2. The Balaban J connectivity index is 2.44. The predicted molar refractivity (Wildman–Crippen MR) is 68.9 cm³/mol. The summed E-state index contributed by atoms with van der Waals surface area (Å²) in [7, 11) is 0. The van der Waals surface area contributed by atoms with Gasteiger partial charge in [0.15, 0.2) is 11.6 Å². The van der Waals surface area contributed by atoms with Crippen LogP contribution in [0.1, 0.15) is 11.3 Å². The second kappa shape index (κ2) is 5.00. The van der Waals surface area contributed by atoms with Gasteiger partial charge in [-0.3, -0.25) is 0 Å². The first kappa shape index (κ1) is 12.9. The Hall–Kier alpha value is -1.52. The van der Waals surface area contributed by atoms with Crippen LogP contribution in [0, 0.1) is 29.9 Å². The number of nitriles is 1. The molecule has 92 valence electrons. The molecule has 0 fully saturated rings. The molecule has 1 aromatic heterocycles. The molecule has 1 aromatic carbocycles. The van der Waals surface area contributed by atoms with Crippen molar-refractivity contribution in [3.05, 3.63) is 39.5 Å². The van der Waals surface area contributed by atoms with E-state index in [1.54, 1.807) is 6.92 Å². The lowest BCUT2D eigenvalue weighted by molar-refractivity contribution is 0.589. The highest BCUT2D eigenvalue weighted by molar-refractivity contribution is 9.10. The van der Waals surface area contributed by atoms with Gasteiger partial charge >= 0.3 is 0 Å². The number of nitrogens with one attached hydrogen (secondary N) is 1. The molecule has 1 N–H and O–H groups in total. The topological polar surface area (TPSA) is 48.7 Å². The Morgan fingerprint density at radius 1 is 1.39 bits per heavy atom. The molecule has 2 aromatic rings. The third-order valence-corrected chi connectivity index (χ3v) is 3.53. The average molecular weight is 330 g/mol. The van der Waals surface area contributed by atoms with Crippen molar-refractivity contribution in [2.75, 3.05) is 5.32 Å². The van der Waals surface area contributed by atoms with Gasteiger partial charge in [0.2, 0.25) is 0 Å². The number of aromatic nitrogens is 1. The summed E-state index contributed by atoms with van der Waals surface area (Å²) in [5, 5.41) is 11.8. The van der Waals surface area contributed by atoms with Gasteiger partial charge in [0, 0.05) is 4.47 Å². The molecule has 0 radical (unpaired) electrons. The van der Waals surface area contributed by atoms with Gasteiger partial charge in [-0.05, 0) is 30.6 Å². The number of rotatable bonds is 2. The molecule has 0 atom stereocenters. The zero-order chi connectivity index (χ0) is 13.3. The second-order valence-electron chi connectivity index (χ2n) is 3.45. The highest BCUT2D eigenvalue weighted by Gasteiger charge is 2.15. The van der Waals surface area contributed by atoms with Gasteiger partial charge in [-0.25, -0.2) is 8.78 Å². The smallest absolute Gasteiger partial charge is 0.150 e. The lowest BCUT2D eigenvalue weighted by Crippen LogP contribution is -1.97. The fraction of sp³-hybridized carbons (Fsp3) is 0.0909. The molecule has 0 bridgehead atoms. The number of nitrogens with zero attached hydrogens (tertiary/aromatic N) is 2. The molecule has 0 aliphatic rings. The summed E-state index contributed by atoms with van der Waals surface area (Å²) in [6, 6.07) is 4.23. The van der Waals surface area contributed by atoms with Gasteiger partial charge in [-0.2, -0.15) is 9.64 Å². The van der Waals surface area contributed by atoms with E-state index in [-0.39, 0.29) is 5.69 Å². The lowest BCUT2D eigenvalue weighted by atomic mass is 10.2. The monoisotopic (exact) mass is 329 g/mol. The van der Waals surface area contributed by atoms with Crippen molar-refractivity contribution >= 4 is 38.2 Å². The minimum atomic E-state index is -0.739. The van der Waals surface area contributed by atoms with Gasteiger partial charge in [-0.15, -0.1) is 0 Å². The zero-order valence-corrected chi connectivity index (χ0v) is 11.5. The van der Waals surface area contributed by atoms with Gasteiger partial charge < -0.3 is 5.32 Å². The van der Waals surface area contributed by atoms with Crippen LogP contribution in [0.2, 0.25) is 0 Å². The van der Waals surface area contributed by atoms with Gasteiger partial charge in [0.05, 0.1) is 5.69 Å². The quantitative estimate of drug-likeness (QED) is 0.902. The van der Waals surface area contributed by atoms with E-state index in [0.29, 0.717) is 20.7 Å². The highest BCUT2D eigenvalue weighted by Crippen LogP contribution is 2.31. The molecular weight excluding hydrogens is 324 g/mol. The van der Waals surface area contributed by atoms with Crippen LogP contribution in [0.3, 0.4) is 0 Å². The maximum absolute atomic E-state index is 13.6. The van der Waals surface area contributed by atoms with Crippen LogP contribution < -0.4 is 5.32 Å². The van der Waals surface area contributed by atoms with E-state index in [1.807, 2.05) is 6.07 Å². The Morgan fingerprint density at radius 2 is 2.00 bits per heavy atom. The molecule has 0 saturated carbocycles. The van der Waals surface area contributed by atoms with Crippen LogP contribution in [-0.4, -0.2) is 4.37 Å². The van der Waals surface area contributed by atoms with Crippen LogP contribution in [0.4, 0.5) is 19.5 Å². The molecule has 0 aliphatic carbocycles. The van der Waals surface area contributed by atoms with E-state index in [4.69, 9.17) is 5.26 Å². The Morgan fingerprint density at radius 3 is 2.56 bits per heavy atom. The molecule has 0 saturated heterocycles. The number of aryl methyl sites for hydroxylation is 1. The van der Waals surface area contributed by atoms with Gasteiger partial charge in [0.1, 0.15) is 22.3 Å². The zero-order valence-electron chi connectivity index (χ0n) is 9.09. The summed E-state index contributed by atoms with van der Waals surface area (Å²) >= 11 is 3.98. The minimum absolute atomic E-state index is 0.293. The van der Waals surface area contributed by atoms with Crippen LogP contribution in [0.5, 0.6) is 0 Å². The standard InChI is InChI=1S/C11H6BrF2N3S/c1-5-7(4-15)11(18-17-5)16-10-8(13)2-6(12)3-9(10)14/h2-3,16H,1H3. The normalized spacial score (nSPS) is 10.2. The summed E-state index contributed by atoms with van der Waals surface area (Å²) in [6.07, 6.45) is 0. The number of hydrogen-bond donors (Lipinski definition) is 1. The average Bonchev–Trinajstić information content (AvgIpc) is 2.64. The van der Waals surface area contributed by atoms with E-state index in [2.05, 4.69) is 25.6 Å². The molecule has 0 spiro atoms. The molecule has 1 heterocycles. The summed E-state index contributed by atoms with van der Waals surface area (Å²) in [5.74, 6) is -1.48. The SMILES string of the molecule is Cc1nsc(Nc2c(F)cc(Br)cc2F)c1C#N. The van der Waals surface area contributed by atoms with Crippen molar-refractivity contribution < 1.29 is 8.78 Å². The van der Waals surface area contributed by atoms with E-state index in [1.165, 1.54) is 0 Å². The molecule has 3 nitrogen and oxygen atoms in total. The number of hydrogen-bond acceptors (Lipinski definition) is 4. The summed E-state index contributed by atoms with van der Waals surface area (Å²) in [6.45, 7) is 1.66. The van der Waals surface area contributed by atoms with Crippen LogP contribution >= 0.6 is 27.5 Å². The van der Waals surface area contributed by atoms with Crippen molar-refractivity contribution in [2.45, 2.75) is 6.92 Å². The van der Waals surface area contributed by atoms with Crippen molar-refractivity contribution in [3.8, 4) is 6.07 Å². The van der Waals surface area contributed by atoms with Gasteiger partial charge in [-0.1, -0.05) is 15.9 Å². The molecule has 0 amide bonds. The second-order valence-corrected chi connectivity index (χ2v) is 5.14. The van der Waals surface area contributed by atoms with E-state index >= 15 is 0 Å². The fourth-order valence-electron chi connectivity index (χ4n) is 1.36. The fourth-order valence-corrected chi connectivity index (χ4v) is 2.52. The first-order chi connectivity index (χ1) is 8.52. The lowest BCUT2D eigenvalue weighted by Gasteiger charge is -2.07. The molecule has 7 heteroatoms.